The highest BCUT2D eigenvalue weighted by Crippen LogP contribution is 2.46. The lowest BCUT2D eigenvalue weighted by molar-refractivity contribution is -0.142. The molecule has 0 bridgehead atoms. The number of rotatable bonds is 4. The zero-order chi connectivity index (χ0) is 12.4. The molecule has 4 nitrogen and oxygen atoms in total. The van der Waals surface area contributed by atoms with Crippen LogP contribution in [0.1, 0.15) is 20.8 Å². The van der Waals surface area contributed by atoms with Crippen LogP contribution in [0.5, 0.6) is 0 Å². The van der Waals surface area contributed by atoms with Gasteiger partial charge in [-0.1, -0.05) is 24.4 Å². The largest absolute Gasteiger partial charge is 0.480 e. The van der Waals surface area contributed by atoms with E-state index in [1.54, 1.807) is 0 Å². The van der Waals surface area contributed by atoms with Crippen LogP contribution in [-0.4, -0.2) is 46.6 Å². The van der Waals surface area contributed by atoms with E-state index in [2.05, 4.69) is 5.32 Å². The second kappa shape index (κ2) is 4.33. The van der Waals surface area contributed by atoms with Crippen molar-refractivity contribution >= 4 is 35.4 Å². The van der Waals surface area contributed by atoms with Gasteiger partial charge in [-0.25, -0.2) is 0 Å². The third-order valence-electron chi connectivity index (χ3n) is 2.19. The van der Waals surface area contributed by atoms with Crippen molar-refractivity contribution in [2.45, 2.75) is 37.3 Å². The normalized spacial score (nSPS) is 14.3. The molecule has 0 aromatic rings. The molecule has 0 heterocycles. The quantitative estimate of drug-likeness (QED) is 0.598. The first kappa shape index (κ1) is 14.1. The number of nitrogens with one attached hydrogen (secondary N) is 1. The number of hydrogen-bond donors (Lipinski definition) is 2. The van der Waals surface area contributed by atoms with Crippen molar-refractivity contribution in [2.24, 2.45) is 0 Å². The highest BCUT2D eigenvalue weighted by Gasteiger charge is 2.42. The van der Waals surface area contributed by atoms with E-state index in [1.165, 1.54) is 20.8 Å². The minimum absolute atomic E-state index is 0.535. The van der Waals surface area contributed by atoms with Crippen LogP contribution in [0, 0.1) is 0 Å². The van der Waals surface area contributed by atoms with Gasteiger partial charge in [-0.15, -0.1) is 0 Å². The Labute approximate surface area is 93.4 Å². The lowest BCUT2D eigenvalue weighted by Crippen LogP contribution is -2.52. The molecule has 15 heavy (non-hydrogen) atoms. The fourth-order valence-electron chi connectivity index (χ4n) is 0.961. The molecule has 1 unspecified atom stereocenters. The summed E-state index contributed by atoms with van der Waals surface area (Å²) < 4.78 is 0. The molecule has 0 aliphatic rings. The van der Waals surface area contributed by atoms with Gasteiger partial charge in [-0.05, 0) is 0 Å². The standard InChI is InChI=1S/C8H12B3NO3/c1-4(13)12-5(6(14)15)8(10,11)7(2,3)9/h5H,1-3H3,(H,12,13)(H,14,15). The predicted molar refractivity (Wildman–Crippen MR) is 59.2 cm³/mol. The van der Waals surface area contributed by atoms with E-state index in [0.717, 1.165) is 0 Å². The van der Waals surface area contributed by atoms with Gasteiger partial charge in [-0.2, -0.15) is 0 Å². The number of carboxylic acids is 1. The average Bonchev–Trinajstić information content (AvgIpc) is 1.96. The van der Waals surface area contributed by atoms with Crippen LogP contribution in [0.25, 0.3) is 0 Å². The number of carbonyl (C=O) groups is 2. The van der Waals surface area contributed by atoms with Crippen molar-refractivity contribution in [3.8, 4) is 0 Å². The number of carboxylic acid groups (broad SMARTS) is 1. The van der Waals surface area contributed by atoms with Crippen molar-refractivity contribution in [1.29, 1.82) is 0 Å². The van der Waals surface area contributed by atoms with E-state index in [9.17, 15) is 9.59 Å². The SMILES string of the molecule is [B]C(C)(C)C([B])([B])C(NC(C)=O)C(=O)O. The van der Waals surface area contributed by atoms with E-state index in [1.807, 2.05) is 0 Å². The smallest absolute Gasteiger partial charge is 0.325 e. The lowest BCUT2D eigenvalue weighted by atomic mass is 9.35. The highest BCUT2D eigenvalue weighted by atomic mass is 16.4. The first-order valence-corrected chi connectivity index (χ1v) is 4.36. The Balaban J connectivity index is 5.08. The van der Waals surface area contributed by atoms with Gasteiger partial charge in [0.05, 0.1) is 23.5 Å². The summed E-state index contributed by atoms with van der Waals surface area (Å²) in [4.78, 5) is 21.7. The van der Waals surface area contributed by atoms with Crippen LogP contribution in [0.4, 0.5) is 0 Å². The molecular formula is C8H12B3NO3. The van der Waals surface area contributed by atoms with Crippen molar-refractivity contribution in [1.82, 2.24) is 5.32 Å². The molecule has 0 fully saturated rings. The summed E-state index contributed by atoms with van der Waals surface area (Å²) in [5, 5.41) is 8.15. The van der Waals surface area contributed by atoms with Gasteiger partial charge in [0.2, 0.25) is 5.91 Å². The molecule has 76 valence electrons. The molecule has 1 atom stereocenters. The summed E-state index contributed by atoms with van der Waals surface area (Å²) in [7, 11) is 17.0. The molecule has 0 saturated carbocycles. The van der Waals surface area contributed by atoms with Gasteiger partial charge < -0.3 is 10.4 Å². The van der Waals surface area contributed by atoms with E-state index < -0.39 is 28.4 Å². The van der Waals surface area contributed by atoms with E-state index in [4.69, 9.17) is 28.6 Å². The Hall–Kier alpha value is -0.865. The Kier molecular flexibility index (Phi) is 4.08. The topological polar surface area (TPSA) is 66.4 Å². The lowest BCUT2D eigenvalue weighted by Gasteiger charge is -2.44. The Bertz CT molecular complexity index is 273. The first-order valence-electron chi connectivity index (χ1n) is 4.36. The van der Waals surface area contributed by atoms with Gasteiger partial charge in [0.25, 0.3) is 0 Å². The molecule has 0 aliphatic carbocycles. The van der Waals surface area contributed by atoms with Crippen LogP contribution >= 0.6 is 0 Å². The maximum absolute atomic E-state index is 10.9. The zero-order valence-corrected chi connectivity index (χ0v) is 9.07. The number of hydrogen-bond acceptors (Lipinski definition) is 2. The molecular weight excluding hydrogens is 191 g/mol. The Morgan fingerprint density at radius 3 is 1.87 bits per heavy atom. The molecule has 1 amide bonds. The molecule has 0 aromatic carbocycles. The van der Waals surface area contributed by atoms with Crippen molar-refractivity contribution in [3.05, 3.63) is 0 Å². The molecule has 0 spiro atoms. The average molecular weight is 203 g/mol. The zero-order valence-electron chi connectivity index (χ0n) is 9.07. The van der Waals surface area contributed by atoms with Crippen molar-refractivity contribution < 1.29 is 14.7 Å². The fraction of sp³-hybridized carbons (Fsp3) is 0.750. The second-order valence-corrected chi connectivity index (χ2v) is 4.13. The number of carbonyl (C=O) groups excluding carboxylic acids is 1. The Morgan fingerprint density at radius 2 is 1.67 bits per heavy atom. The summed E-state index contributed by atoms with van der Waals surface area (Å²) in [6.45, 7) is 4.16. The molecule has 0 aliphatic heterocycles. The molecule has 0 rings (SSSR count). The summed E-state index contributed by atoms with van der Waals surface area (Å²) in [6, 6.07) is -1.44. The second-order valence-electron chi connectivity index (χ2n) is 4.13. The highest BCUT2D eigenvalue weighted by molar-refractivity contribution is 6.46. The van der Waals surface area contributed by atoms with Crippen LogP contribution in [0.3, 0.4) is 0 Å². The van der Waals surface area contributed by atoms with Crippen molar-refractivity contribution in [3.63, 3.8) is 0 Å². The van der Waals surface area contributed by atoms with Crippen LogP contribution < -0.4 is 5.32 Å². The summed E-state index contributed by atoms with van der Waals surface area (Å²) in [5.41, 5.74) is 0. The number of amides is 1. The van der Waals surface area contributed by atoms with Gasteiger partial charge >= 0.3 is 5.97 Å². The molecule has 6 radical (unpaired) electrons. The molecule has 0 aromatic heterocycles. The first-order chi connectivity index (χ1) is 6.50. The van der Waals surface area contributed by atoms with E-state index in [0.29, 0.717) is 0 Å². The van der Waals surface area contributed by atoms with Gasteiger partial charge in [-0.3, -0.25) is 9.59 Å². The van der Waals surface area contributed by atoms with Gasteiger partial charge in [0.1, 0.15) is 6.04 Å². The van der Waals surface area contributed by atoms with Crippen molar-refractivity contribution in [2.75, 3.05) is 0 Å². The molecule has 0 saturated heterocycles. The minimum atomic E-state index is -1.75. The van der Waals surface area contributed by atoms with Gasteiger partial charge in [0, 0.05) is 6.92 Å². The van der Waals surface area contributed by atoms with Crippen LogP contribution in [0.2, 0.25) is 10.5 Å². The van der Waals surface area contributed by atoms with Crippen LogP contribution in [-0.2, 0) is 9.59 Å². The maximum atomic E-state index is 10.9. The minimum Gasteiger partial charge on any atom is -0.480 e. The third kappa shape index (κ3) is 3.32. The predicted octanol–water partition coefficient (Wildman–Crippen LogP) is -0.604. The summed E-state index contributed by atoms with van der Waals surface area (Å²) in [5.74, 6) is -1.86. The summed E-state index contributed by atoms with van der Waals surface area (Å²) >= 11 is 0. The maximum Gasteiger partial charge on any atom is 0.325 e. The molecule has 2 N–H and O–H groups in total. The van der Waals surface area contributed by atoms with Gasteiger partial charge in [0.15, 0.2) is 0 Å². The molecule has 7 heteroatoms. The van der Waals surface area contributed by atoms with E-state index >= 15 is 0 Å². The summed E-state index contributed by atoms with van der Waals surface area (Å²) in [6.07, 6.45) is 0. The third-order valence-corrected chi connectivity index (χ3v) is 2.19. The Morgan fingerprint density at radius 1 is 1.27 bits per heavy atom. The fourth-order valence-corrected chi connectivity index (χ4v) is 0.961. The van der Waals surface area contributed by atoms with E-state index in [-0.39, 0.29) is 0 Å². The monoisotopic (exact) mass is 203 g/mol. The number of aliphatic carboxylic acids is 1. The van der Waals surface area contributed by atoms with Crippen LogP contribution in [0.15, 0.2) is 0 Å².